The molecule has 0 spiro atoms. The first-order valence-corrected chi connectivity index (χ1v) is 9.12. The Balaban J connectivity index is 1.60. The van der Waals surface area contributed by atoms with E-state index in [9.17, 15) is 0 Å². The summed E-state index contributed by atoms with van der Waals surface area (Å²) < 4.78 is 12.3. The van der Waals surface area contributed by atoms with Crippen LogP contribution in [0.5, 0.6) is 0 Å². The Morgan fingerprint density at radius 2 is 1.54 bits per heavy atom. The van der Waals surface area contributed by atoms with E-state index in [0.717, 1.165) is 23.0 Å². The van der Waals surface area contributed by atoms with Gasteiger partial charge in [0.05, 0.1) is 11.2 Å². The highest BCUT2D eigenvalue weighted by molar-refractivity contribution is 6.62. The predicted molar refractivity (Wildman–Crippen MR) is 107 cm³/mol. The standard InChI is InChI=1S/C22H24BNO2/c1-21(2)22(3,4)26-23(25-21)19-11-10-17-14-20(24-15-18(17)13-19)12-16-8-6-5-7-9-16/h5-11,13-15H,12H2,1-4H3. The number of fused-ring (bicyclic) bond motifs is 1. The summed E-state index contributed by atoms with van der Waals surface area (Å²) in [7, 11) is -0.339. The van der Waals surface area contributed by atoms with Crippen LogP contribution in [-0.4, -0.2) is 23.3 Å². The molecule has 0 amide bonds. The fourth-order valence-corrected chi connectivity index (χ4v) is 3.23. The molecule has 1 saturated heterocycles. The average Bonchev–Trinajstić information content (AvgIpc) is 2.83. The lowest BCUT2D eigenvalue weighted by molar-refractivity contribution is 0.00578. The minimum Gasteiger partial charge on any atom is -0.399 e. The van der Waals surface area contributed by atoms with Gasteiger partial charge in [-0.05, 0) is 55.6 Å². The molecule has 0 N–H and O–H groups in total. The fourth-order valence-electron chi connectivity index (χ4n) is 3.23. The van der Waals surface area contributed by atoms with Gasteiger partial charge in [0.15, 0.2) is 0 Å². The van der Waals surface area contributed by atoms with E-state index in [4.69, 9.17) is 9.31 Å². The molecular weight excluding hydrogens is 321 g/mol. The molecule has 4 heteroatoms. The number of hydrogen-bond donors (Lipinski definition) is 0. The van der Waals surface area contributed by atoms with E-state index >= 15 is 0 Å². The molecule has 2 heterocycles. The molecule has 3 nitrogen and oxygen atoms in total. The Kier molecular flexibility index (Phi) is 4.13. The first kappa shape index (κ1) is 17.3. The zero-order valence-corrected chi connectivity index (χ0v) is 15.8. The Labute approximate surface area is 155 Å². The van der Waals surface area contributed by atoms with Gasteiger partial charge < -0.3 is 9.31 Å². The van der Waals surface area contributed by atoms with Crippen molar-refractivity contribution in [2.45, 2.75) is 45.3 Å². The molecule has 0 radical (unpaired) electrons. The second-order valence-electron chi connectivity index (χ2n) is 8.03. The molecule has 132 valence electrons. The van der Waals surface area contributed by atoms with Gasteiger partial charge >= 0.3 is 7.12 Å². The molecule has 0 aliphatic carbocycles. The zero-order valence-electron chi connectivity index (χ0n) is 15.8. The Hall–Kier alpha value is -2.17. The van der Waals surface area contributed by atoms with E-state index in [2.05, 4.69) is 81.2 Å². The summed E-state index contributed by atoms with van der Waals surface area (Å²) in [6.07, 6.45) is 2.79. The maximum absolute atomic E-state index is 6.16. The molecule has 0 unspecified atom stereocenters. The second kappa shape index (κ2) is 6.22. The van der Waals surface area contributed by atoms with E-state index in [-0.39, 0.29) is 18.3 Å². The molecule has 0 bridgehead atoms. The van der Waals surface area contributed by atoms with Crippen LogP contribution >= 0.6 is 0 Å². The van der Waals surface area contributed by atoms with Crippen molar-refractivity contribution in [2.75, 3.05) is 0 Å². The van der Waals surface area contributed by atoms with E-state index < -0.39 is 0 Å². The number of benzene rings is 2. The predicted octanol–water partition coefficient (Wildman–Crippen LogP) is 4.12. The Bertz CT molecular complexity index is 921. The summed E-state index contributed by atoms with van der Waals surface area (Å²) in [6, 6.07) is 18.9. The van der Waals surface area contributed by atoms with E-state index in [1.165, 1.54) is 10.9 Å². The van der Waals surface area contributed by atoms with E-state index in [0.29, 0.717) is 0 Å². The maximum Gasteiger partial charge on any atom is 0.494 e. The molecular formula is C22H24BNO2. The summed E-state index contributed by atoms with van der Waals surface area (Å²) in [5.41, 5.74) is 2.73. The lowest BCUT2D eigenvalue weighted by Gasteiger charge is -2.32. The van der Waals surface area contributed by atoms with Crippen LogP contribution in [0.15, 0.2) is 60.8 Å². The van der Waals surface area contributed by atoms with Crippen LogP contribution in [0.1, 0.15) is 39.0 Å². The van der Waals surface area contributed by atoms with Crippen molar-refractivity contribution < 1.29 is 9.31 Å². The number of aromatic nitrogens is 1. The quantitative estimate of drug-likeness (QED) is 0.669. The zero-order chi connectivity index (χ0) is 18.4. The highest BCUT2D eigenvalue weighted by Gasteiger charge is 2.51. The molecule has 0 atom stereocenters. The van der Waals surface area contributed by atoms with Crippen LogP contribution in [0.4, 0.5) is 0 Å². The monoisotopic (exact) mass is 345 g/mol. The number of nitrogens with zero attached hydrogens (tertiary/aromatic N) is 1. The van der Waals surface area contributed by atoms with Gasteiger partial charge in [0.1, 0.15) is 0 Å². The van der Waals surface area contributed by atoms with Crippen LogP contribution in [-0.2, 0) is 15.7 Å². The highest BCUT2D eigenvalue weighted by atomic mass is 16.7. The van der Waals surface area contributed by atoms with Crippen LogP contribution in [0.25, 0.3) is 10.8 Å². The van der Waals surface area contributed by atoms with Gasteiger partial charge in [0.25, 0.3) is 0 Å². The molecule has 1 aliphatic rings. The molecule has 1 fully saturated rings. The van der Waals surface area contributed by atoms with Crippen LogP contribution in [0, 0.1) is 0 Å². The summed E-state index contributed by atoms with van der Waals surface area (Å²) in [5, 5.41) is 2.29. The normalized spacial score (nSPS) is 18.4. The molecule has 4 rings (SSSR count). The molecule has 26 heavy (non-hydrogen) atoms. The SMILES string of the molecule is CC1(C)OB(c2ccc3cc(Cc4ccccc4)ncc3c2)OC1(C)C. The van der Waals surface area contributed by atoms with Crippen molar-refractivity contribution in [2.24, 2.45) is 0 Å². The van der Waals surface area contributed by atoms with Gasteiger partial charge in [0, 0.05) is 18.3 Å². The molecule has 0 saturated carbocycles. The third-order valence-electron chi connectivity index (χ3n) is 5.56. The lowest BCUT2D eigenvalue weighted by atomic mass is 9.78. The average molecular weight is 345 g/mol. The first-order chi connectivity index (χ1) is 12.3. The van der Waals surface area contributed by atoms with Gasteiger partial charge in [-0.3, -0.25) is 4.98 Å². The lowest BCUT2D eigenvalue weighted by Crippen LogP contribution is -2.41. The second-order valence-corrected chi connectivity index (χ2v) is 8.03. The van der Waals surface area contributed by atoms with Gasteiger partial charge in [-0.2, -0.15) is 0 Å². The molecule has 3 aromatic rings. The highest BCUT2D eigenvalue weighted by Crippen LogP contribution is 2.36. The van der Waals surface area contributed by atoms with Crippen LogP contribution < -0.4 is 5.46 Å². The third-order valence-corrected chi connectivity index (χ3v) is 5.56. The van der Waals surface area contributed by atoms with Crippen molar-refractivity contribution in [3.05, 3.63) is 72.1 Å². The number of hydrogen-bond acceptors (Lipinski definition) is 3. The summed E-state index contributed by atoms with van der Waals surface area (Å²) in [5.74, 6) is 0. The van der Waals surface area contributed by atoms with Crippen LogP contribution in [0.2, 0.25) is 0 Å². The summed E-state index contributed by atoms with van der Waals surface area (Å²) in [4.78, 5) is 4.65. The molecule has 1 aromatic heterocycles. The van der Waals surface area contributed by atoms with E-state index in [1.807, 2.05) is 12.3 Å². The number of rotatable bonds is 3. The van der Waals surface area contributed by atoms with Crippen molar-refractivity contribution in [3.63, 3.8) is 0 Å². The molecule has 2 aromatic carbocycles. The minimum absolute atomic E-state index is 0.329. The smallest absolute Gasteiger partial charge is 0.399 e. The fraction of sp³-hybridized carbons (Fsp3) is 0.318. The van der Waals surface area contributed by atoms with Crippen LogP contribution in [0.3, 0.4) is 0 Å². The summed E-state index contributed by atoms with van der Waals surface area (Å²) in [6.45, 7) is 8.30. The van der Waals surface area contributed by atoms with E-state index in [1.54, 1.807) is 0 Å². The summed E-state index contributed by atoms with van der Waals surface area (Å²) >= 11 is 0. The van der Waals surface area contributed by atoms with Gasteiger partial charge in [-0.15, -0.1) is 0 Å². The largest absolute Gasteiger partial charge is 0.494 e. The van der Waals surface area contributed by atoms with Gasteiger partial charge in [-0.25, -0.2) is 0 Å². The maximum atomic E-state index is 6.16. The van der Waals surface area contributed by atoms with Crippen molar-refractivity contribution in [1.29, 1.82) is 0 Å². The number of pyridine rings is 1. The van der Waals surface area contributed by atoms with Gasteiger partial charge in [0.2, 0.25) is 0 Å². The Morgan fingerprint density at radius 1 is 0.846 bits per heavy atom. The van der Waals surface area contributed by atoms with Crippen molar-refractivity contribution >= 4 is 23.4 Å². The van der Waals surface area contributed by atoms with Gasteiger partial charge in [-0.1, -0.05) is 48.5 Å². The van der Waals surface area contributed by atoms with Crippen molar-refractivity contribution in [1.82, 2.24) is 4.98 Å². The topological polar surface area (TPSA) is 31.4 Å². The minimum atomic E-state index is -0.339. The Morgan fingerprint density at radius 3 is 2.23 bits per heavy atom. The molecule has 1 aliphatic heterocycles. The first-order valence-electron chi connectivity index (χ1n) is 9.12. The third kappa shape index (κ3) is 3.15. The van der Waals surface area contributed by atoms with Crippen molar-refractivity contribution in [3.8, 4) is 0 Å².